The number of anilines is 1. The van der Waals surface area contributed by atoms with E-state index in [0.717, 1.165) is 21.8 Å². The van der Waals surface area contributed by atoms with Crippen LogP contribution in [0.1, 0.15) is 23.5 Å². The zero-order valence-corrected chi connectivity index (χ0v) is 12.8. The molecule has 0 fully saturated rings. The highest BCUT2D eigenvalue weighted by Gasteiger charge is 2.11. The number of nitrogens with zero attached hydrogens (tertiary/aromatic N) is 2. The van der Waals surface area contributed by atoms with Crippen LogP contribution in [0.25, 0.3) is 10.2 Å². The van der Waals surface area contributed by atoms with E-state index in [1.165, 1.54) is 4.70 Å². The minimum absolute atomic E-state index is 0.134. The van der Waals surface area contributed by atoms with Crippen LogP contribution in [0, 0.1) is 6.92 Å². The Bertz CT molecular complexity index is 721. The van der Waals surface area contributed by atoms with Crippen LogP contribution in [0.3, 0.4) is 0 Å². The van der Waals surface area contributed by atoms with Crippen molar-refractivity contribution in [3.8, 4) is 0 Å². The maximum absolute atomic E-state index is 5.94. The van der Waals surface area contributed by atoms with Crippen molar-refractivity contribution < 1.29 is 0 Å². The second kappa shape index (κ2) is 5.38. The predicted octanol–water partition coefficient (Wildman–Crippen LogP) is 4.83. The molecule has 1 N–H and O–H groups in total. The Morgan fingerprint density at radius 1 is 1.30 bits per heavy atom. The molecule has 2 aromatic heterocycles. The van der Waals surface area contributed by atoms with Crippen molar-refractivity contribution in [2.75, 3.05) is 5.32 Å². The minimum Gasteiger partial charge on any atom is -0.375 e. The van der Waals surface area contributed by atoms with Crippen LogP contribution in [0.5, 0.6) is 0 Å². The standard InChI is InChI=1S/C15H14ClN3S/c1-9-7-11(8-17-14(9)16)18-10(2)15-19-12-5-3-4-6-13(12)20-15/h3-8,10,18H,1-2H3. The van der Waals surface area contributed by atoms with Crippen LogP contribution >= 0.6 is 22.9 Å². The number of halogens is 1. The molecule has 0 bridgehead atoms. The number of para-hydroxylation sites is 1. The van der Waals surface area contributed by atoms with Crippen molar-refractivity contribution in [3.63, 3.8) is 0 Å². The third-order valence-corrected chi connectivity index (χ3v) is 4.69. The summed E-state index contributed by atoms with van der Waals surface area (Å²) in [4.78, 5) is 8.81. The fraction of sp³-hybridized carbons (Fsp3) is 0.200. The van der Waals surface area contributed by atoms with Gasteiger partial charge in [0.25, 0.3) is 0 Å². The number of aromatic nitrogens is 2. The van der Waals surface area contributed by atoms with Crippen molar-refractivity contribution in [3.05, 3.63) is 52.3 Å². The lowest BCUT2D eigenvalue weighted by Gasteiger charge is -2.13. The molecule has 0 saturated carbocycles. The van der Waals surface area contributed by atoms with Crippen LogP contribution in [0.4, 0.5) is 5.69 Å². The second-order valence-corrected chi connectivity index (χ2v) is 6.14. The summed E-state index contributed by atoms with van der Waals surface area (Å²) in [6.45, 7) is 4.05. The van der Waals surface area contributed by atoms with E-state index in [1.807, 2.05) is 31.2 Å². The molecule has 0 spiro atoms. The van der Waals surface area contributed by atoms with Crippen molar-refractivity contribution >= 4 is 38.8 Å². The van der Waals surface area contributed by atoms with Crippen LogP contribution in [0.2, 0.25) is 5.15 Å². The zero-order valence-electron chi connectivity index (χ0n) is 11.2. The summed E-state index contributed by atoms with van der Waals surface area (Å²) in [5, 5.41) is 5.03. The normalized spacial score (nSPS) is 12.6. The number of nitrogens with one attached hydrogen (secondary N) is 1. The first kappa shape index (κ1) is 13.3. The van der Waals surface area contributed by atoms with E-state index >= 15 is 0 Å². The van der Waals surface area contributed by atoms with E-state index in [-0.39, 0.29) is 6.04 Å². The van der Waals surface area contributed by atoms with Gasteiger partial charge >= 0.3 is 0 Å². The van der Waals surface area contributed by atoms with E-state index < -0.39 is 0 Å². The van der Waals surface area contributed by atoms with Crippen LogP contribution < -0.4 is 5.32 Å². The van der Waals surface area contributed by atoms with Gasteiger partial charge < -0.3 is 5.32 Å². The number of rotatable bonds is 3. The lowest BCUT2D eigenvalue weighted by Crippen LogP contribution is -2.06. The van der Waals surface area contributed by atoms with Gasteiger partial charge in [-0.2, -0.15) is 0 Å². The van der Waals surface area contributed by atoms with E-state index in [9.17, 15) is 0 Å². The lowest BCUT2D eigenvalue weighted by molar-refractivity contribution is 0.872. The Hall–Kier alpha value is -1.65. The van der Waals surface area contributed by atoms with E-state index in [1.54, 1.807) is 17.5 Å². The zero-order chi connectivity index (χ0) is 14.1. The Morgan fingerprint density at radius 3 is 2.85 bits per heavy atom. The van der Waals surface area contributed by atoms with E-state index in [2.05, 4.69) is 28.3 Å². The molecule has 0 aliphatic rings. The molecular weight excluding hydrogens is 290 g/mol. The van der Waals surface area contributed by atoms with Crippen molar-refractivity contribution in [2.24, 2.45) is 0 Å². The summed E-state index contributed by atoms with van der Waals surface area (Å²) in [6, 6.07) is 10.3. The number of fused-ring (bicyclic) bond motifs is 1. The average molecular weight is 304 g/mol. The number of pyridine rings is 1. The molecule has 0 aliphatic carbocycles. The van der Waals surface area contributed by atoms with Gasteiger partial charge in [-0.15, -0.1) is 11.3 Å². The third kappa shape index (κ3) is 2.62. The summed E-state index contributed by atoms with van der Waals surface area (Å²) >= 11 is 7.65. The lowest BCUT2D eigenvalue weighted by atomic mass is 10.2. The predicted molar refractivity (Wildman–Crippen MR) is 85.6 cm³/mol. The van der Waals surface area contributed by atoms with Crippen molar-refractivity contribution in [1.29, 1.82) is 0 Å². The molecule has 1 unspecified atom stereocenters. The monoisotopic (exact) mass is 303 g/mol. The van der Waals surface area contributed by atoms with Gasteiger partial charge in [0.1, 0.15) is 10.2 Å². The van der Waals surface area contributed by atoms with Gasteiger partial charge in [-0.1, -0.05) is 23.7 Å². The highest BCUT2D eigenvalue weighted by molar-refractivity contribution is 7.18. The maximum Gasteiger partial charge on any atom is 0.132 e. The molecule has 20 heavy (non-hydrogen) atoms. The van der Waals surface area contributed by atoms with Gasteiger partial charge in [-0.3, -0.25) is 0 Å². The Labute approximate surface area is 126 Å². The molecular formula is C15H14ClN3S. The first-order chi connectivity index (χ1) is 9.63. The van der Waals surface area contributed by atoms with Gasteiger partial charge in [-0.25, -0.2) is 9.97 Å². The number of hydrogen-bond acceptors (Lipinski definition) is 4. The molecule has 3 nitrogen and oxygen atoms in total. The molecule has 0 radical (unpaired) electrons. The van der Waals surface area contributed by atoms with Crippen LogP contribution in [-0.4, -0.2) is 9.97 Å². The molecule has 0 aliphatic heterocycles. The smallest absolute Gasteiger partial charge is 0.132 e. The van der Waals surface area contributed by atoms with Gasteiger partial charge in [-0.05, 0) is 37.6 Å². The summed E-state index contributed by atoms with van der Waals surface area (Å²) in [5.41, 5.74) is 2.97. The highest BCUT2D eigenvalue weighted by Crippen LogP contribution is 2.28. The summed E-state index contributed by atoms with van der Waals surface area (Å²) in [7, 11) is 0. The Balaban J connectivity index is 1.84. The molecule has 2 heterocycles. The van der Waals surface area contributed by atoms with Crippen LogP contribution in [0.15, 0.2) is 36.5 Å². The SMILES string of the molecule is Cc1cc(NC(C)c2nc3ccccc3s2)cnc1Cl. The number of hydrogen-bond donors (Lipinski definition) is 1. The first-order valence-corrected chi connectivity index (χ1v) is 7.57. The summed E-state index contributed by atoms with van der Waals surface area (Å²) in [5.74, 6) is 0. The largest absolute Gasteiger partial charge is 0.375 e. The van der Waals surface area contributed by atoms with E-state index in [0.29, 0.717) is 5.15 Å². The number of benzene rings is 1. The quantitative estimate of drug-likeness (QED) is 0.704. The van der Waals surface area contributed by atoms with Gasteiger partial charge in [0.15, 0.2) is 0 Å². The fourth-order valence-electron chi connectivity index (χ4n) is 2.02. The molecule has 1 atom stereocenters. The maximum atomic E-state index is 5.94. The number of thiazole rings is 1. The number of aryl methyl sites for hydroxylation is 1. The molecule has 3 rings (SSSR count). The fourth-order valence-corrected chi connectivity index (χ4v) is 3.10. The molecule has 5 heteroatoms. The van der Waals surface area contributed by atoms with Gasteiger partial charge in [0, 0.05) is 0 Å². The molecule has 102 valence electrons. The Morgan fingerprint density at radius 2 is 2.10 bits per heavy atom. The molecule has 0 amide bonds. The topological polar surface area (TPSA) is 37.8 Å². The molecule has 0 saturated heterocycles. The molecule has 3 aromatic rings. The summed E-state index contributed by atoms with van der Waals surface area (Å²) in [6.07, 6.45) is 1.75. The minimum atomic E-state index is 0.134. The third-order valence-electron chi connectivity index (χ3n) is 3.08. The van der Waals surface area contributed by atoms with E-state index in [4.69, 9.17) is 11.6 Å². The van der Waals surface area contributed by atoms with Crippen molar-refractivity contribution in [2.45, 2.75) is 19.9 Å². The first-order valence-electron chi connectivity index (χ1n) is 6.37. The van der Waals surface area contributed by atoms with Crippen LogP contribution in [-0.2, 0) is 0 Å². The average Bonchev–Trinajstić information content (AvgIpc) is 2.87. The van der Waals surface area contributed by atoms with Gasteiger partial charge in [0.2, 0.25) is 0 Å². The van der Waals surface area contributed by atoms with Crippen molar-refractivity contribution in [1.82, 2.24) is 9.97 Å². The summed E-state index contributed by atoms with van der Waals surface area (Å²) < 4.78 is 1.21. The van der Waals surface area contributed by atoms with Gasteiger partial charge in [0.05, 0.1) is 28.1 Å². The second-order valence-electron chi connectivity index (χ2n) is 4.72. The Kier molecular flexibility index (Phi) is 3.59. The molecule has 1 aromatic carbocycles. The highest BCUT2D eigenvalue weighted by atomic mass is 35.5.